The lowest BCUT2D eigenvalue weighted by Crippen LogP contribution is -2.31. The Morgan fingerprint density at radius 2 is 1.68 bits per heavy atom. The quantitative estimate of drug-likeness (QED) is 0.629. The van der Waals surface area contributed by atoms with Crippen LogP contribution in [-0.2, 0) is 4.79 Å². The van der Waals surface area contributed by atoms with Crippen LogP contribution in [0.2, 0.25) is 0 Å². The van der Waals surface area contributed by atoms with Crippen LogP contribution in [0.25, 0.3) is 11.0 Å². The molecule has 0 aliphatic heterocycles. The highest BCUT2D eigenvalue weighted by Gasteiger charge is 2.11. The van der Waals surface area contributed by atoms with Crippen LogP contribution >= 0.6 is 0 Å². The van der Waals surface area contributed by atoms with Gasteiger partial charge in [-0.3, -0.25) is 4.79 Å². The predicted molar refractivity (Wildman–Crippen MR) is 107 cm³/mol. The maximum atomic E-state index is 12.2. The molecule has 1 atom stereocenters. The van der Waals surface area contributed by atoms with Gasteiger partial charge in [-0.2, -0.15) is 0 Å². The van der Waals surface area contributed by atoms with E-state index in [1.165, 1.54) is 6.07 Å². The molecule has 2 aromatic carbocycles. The minimum absolute atomic E-state index is 0.114. The van der Waals surface area contributed by atoms with Crippen molar-refractivity contribution in [3.05, 3.63) is 70.6 Å². The fourth-order valence-corrected chi connectivity index (χ4v) is 2.75. The molecule has 0 aliphatic carbocycles. The van der Waals surface area contributed by atoms with Crippen molar-refractivity contribution in [1.82, 2.24) is 5.32 Å². The zero-order valence-corrected chi connectivity index (χ0v) is 16.1. The lowest BCUT2D eigenvalue weighted by molar-refractivity contribution is -0.123. The molecule has 1 unspecified atom stereocenters. The van der Waals surface area contributed by atoms with Crippen LogP contribution in [0.15, 0.2) is 63.8 Å². The van der Waals surface area contributed by atoms with Crippen molar-refractivity contribution >= 4 is 16.9 Å². The summed E-state index contributed by atoms with van der Waals surface area (Å²) in [6.45, 7) is 5.71. The van der Waals surface area contributed by atoms with Crippen LogP contribution < -0.4 is 20.4 Å². The van der Waals surface area contributed by atoms with E-state index >= 15 is 0 Å². The summed E-state index contributed by atoms with van der Waals surface area (Å²) in [4.78, 5) is 23.5. The number of ether oxygens (including phenoxy) is 2. The van der Waals surface area contributed by atoms with Crippen molar-refractivity contribution in [2.45, 2.75) is 32.9 Å². The van der Waals surface area contributed by atoms with Crippen LogP contribution in [0.5, 0.6) is 11.5 Å². The van der Waals surface area contributed by atoms with Gasteiger partial charge in [0.25, 0.3) is 5.91 Å². The first-order chi connectivity index (χ1) is 13.4. The van der Waals surface area contributed by atoms with Gasteiger partial charge in [0.05, 0.1) is 12.1 Å². The molecule has 3 rings (SSSR count). The van der Waals surface area contributed by atoms with Crippen molar-refractivity contribution in [1.29, 1.82) is 0 Å². The Kier molecular flexibility index (Phi) is 5.99. The minimum atomic E-state index is -0.430. The second-order valence-electron chi connectivity index (χ2n) is 6.77. The van der Waals surface area contributed by atoms with Gasteiger partial charge in [-0.05, 0) is 56.7 Å². The van der Waals surface area contributed by atoms with E-state index in [0.29, 0.717) is 11.3 Å². The molecule has 6 nitrogen and oxygen atoms in total. The Bertz CT molecular complexity index is 1010. The number of carbonyl (C=O) groups is 1. The van der Waals surface area contributed by atoms with Gasteiger partial charge in [-0.15, -0.1) is 0 Å². The predicted octanol–water partition coefficient (Wildman–Crippen LogP) is 3.84. The summed E-state index contributed by atoms with van der Waals surface area (Å²) in [5.74, 6) is 1.01. The third-order valence-electron chi connectivity index (χ3n) is 4.09. The molecular formula is C22H23NO5. The maximum Gasteiger partial charge on any atom is 0.336 e. The third kappa shape index (κ3) is 5.13. The van der Waals surface area contributed by atoms with Crippen molar-refractivity contribution in [3.8, 4) is 11.5 Å². The first-order valence-electron chi connectivity index (χ1n) is 9.13. The molecule has 6 heteroatoms. The maximum absolute atomic E-state index is 12.2. The van der Waals surface area contributed by atoms with Crippen LogP contribution in [0.3, 0.4) is 0 Å². The molecule has 0 spiro atoms. The SMILES string of the molecule is CC(C)Oc1ccc(C(C)NC(=O)COc2ccc3ccc(=O)oc3c2)cc1. The molecule has 146 valence electrons. The van der Waals surface area contributed by atoms with Gasteiger partial charge in [-0.1, -0.05) is 12.1 Å². The van der Waals surface area contributed by atoms with Gasteiger partial charge in [0, 0.05) is 17.5 Å². The Labute approximate surface area is 163 Å². The Hall–Kier alpha value is -3.28. The molecule has 1 N–H and O–H groups in total. The number of carbonyl (C=O) groups excluding carboxylic acids is 1. The number of hydrogen-bond donors (Lipinski definition) is 1. The molecule has 1 heterocycles. The van der Waals surface area contributed by atoms with Crippen molar-refractivity contribution < 1.29 is 18.7 Å². The van der Waals surface area contributed by atoms with E-state index in [2.05, 4.69) is 5.32 Å². The average Bonchev–Trinajstić information content (AvgIpc) is 2.66. The van der Waals surface area contributed by atoms with Crippen molar-refractivity contribution in [2.75, 3.05) is 6.61 Å². The fraction of sp³-hybridized carbons (Fsp3) is 0.273. The molecule has 0 aliphatic rings. The first-order valence-corrected chi connectivity index (χ1v) is 9.13. The topological polar surface area (TPSA) is 77.8 Å². The zero-order chi connectivity index (χ0) is 20.1. The van der Waals surface area contributed by atoms with E-state index in [-0.39, 0.29) is 24.7 Å². The normalized spacial score (nSPS) is 12.0. The van der Waals surface area contributed by atoms with E-state index in [0.717, 1.165) is 16.7 Å². The van der Waals surface area contributed by atoms with E-state index in [1.54, 1.807) is 24.3 Å². The zero-order valence-electron chi connectivity index (χ0n) is 16.1. The van der Waals surface area contributed by atoms with Gasteiger partial charge in [0.1, 0.15) is 17.1 Å². The van der Waals surface area contributed by atoms with Gasteiger partial charge < -0.3 is 19.2 Å². The second-order valence-corrected chi connectivity index (χ2v) is 6.77. The van der Waals surface area contributed by atoms with Crippen molar-refractivity contribution in [3.63, 3.8) is 0 Å². The average molecular weight is 381 g/mol. The Balaban J connectivity index is 1.55. The lowest BCUT2D eigenvalue weighted by atomic mass is 10.1. The highest BCUT2D eigenvalue weighted by molar-refractivity contribution is 5.79. The van der Waals surface area contributed by atoms with E-state index in [4.69, 9.17) is 13.9 Å². The number of fused-ring (bicyclic) bond motifs is 1. The van der Waals surface area contributed by atoms with E-state index in [1.807, 2.05) is 45.0 Å². The number of benzene rings is 2. The summed E-state index contributed by atoms with van der Waals surface area (Å²) in [5.41, 5.74) is 0.959. The summed E-state index contributed by atoms with van der Waals surface area (Å²) in [7, 11) is 0. The summed E-state index contributed by atoms with van der Waals surface area (Å²) in [6, 6.07) is 15.6. The van der Waals surface area contributed by atoms with Crippen LogP contribution in [0.4, 0.5) is 0 Å². The van der Waals surface area contributed by atoms with Gasteiger partial charge in [-0.25, -0.2) is 4.79 Å². The highest BCUT2D eigenvalue weighted by atomic mass is 16.5. The van der Waals surface area contributed by atoms with Gasteiger partial charge in [0.2, 0.25) is 0 Å². The summed E-state index contributed by atoms with van der Waals surface area (Å²) < 4.78 is 16.3. The smallest absolute Gasteiger partial charge is 0.336 e. The number of hydrogen-bond acceptors (Lipinski definition) is 5. The molecule has 0 saturated carbocycles. The minimum Gasteiger partial charge on any atom is -0.491 e. The largest absolute Gasteiger partial charge is 0.491 e. The number of nitrogens with one attached hydrogen (secondary N) is 1. The molecular weight excluding hydrogens is 358 g/mol. The van der Waals surface area contributed by atoms with Gasteiger partial charge >= 0.3 is 5.63 Å². The standard InChI is InChI=1S/C22H23NO5/c1-14(2)27-18-8-4-16(5-9-18)15(3)23-21(24)13-26-19-10-6-17-7-11-22(25)28-20(17)12-19/h4-12,14-15H,13H2,1-3H3,(H,23,24). The molecule has 1 aromatic heterocycles. The van der Waals surface area contributed by atoms with Gasteiger partial charge in [0.15, 0.2) is 6.61 Å². The molecule has 0 bridgehead atoms. The molecule has 28 heavy (non-hydrogen) atoms. The van der Waals surface area contributed by atoms with Crippen LogP contribution in [-0.4, -0.2) is 18.6 Å². The lowest BCUT2D eigenvalue weighted by Gasteiger charge is -2.16. The summed E-state index contributed by atoms with van der Waals surface area (Å²) >= 11 is 0. The number of amides is 1. The second kappa shape index (κ2) is 8.61. The fourth-order valence-electron chi connectivity index (χ4n) is 2.75. The molecule has 1 amide bonds. The molecule has 0 radical (unpaired) electrons. The van der Waals surface area contributed by atoms with Crippen LogP contribution in [0, 0.1) is 0 Å². The first kappa shape index (κ1) is 19.5. The molecule has 3 aromatic rings. The van der Waals surface area contributed by atoms with E-state index < -0.39 is 5.63 Å². The Morgan fingerprint density at radius 1 is 1.00 bits per heavy atom. The van der Waals surface area contributed by atoms with E-state index in [9.17, 15) is 9.59 Å². The van der Waals surface area contributed by atoms with Crippen molar-refractivity contribution in [2.24, 2.45) is 0 Å². The highest BCUT2D eigenvalue weighted by Crippen LogP contribution is 2.20. The summed E-state index contributed by atoms with van der Waals surface area (Å²) in [5, 5.41) is 3.68. The Morgan fingerprint density at radius 3 is 2.39 bits per heavy atom. The molecule has 0 saturated heterocycles. The third-order valence-corrected chi connectivity index (χ3v) is 4.09. The molecule has 0 fully saturated rings. The van der Waals surface area contributed by atoms with Crippen LogP contribution in [0.1, 0.15) is 32.4 Å². The monoisotopic (exact) mass is 381 g/mol. The number of rotatable bonds is 7. The summed E-state index contributed by atoms with van der Waals surface area (Å²) in [6.07, 6.45) is 0.114.